The standard InChI is InChI=1S/C14H20ClNOS/c1-10(16)9-12-13(15)3-2-4-14(12)18-11-5-7-17-8-6-11/h2-4,10-11H,5-9,16H2,1H3. The number of halogens is 1. The number of nitrogens with two attached hydrogens (primary N) is 1. The largest absolute Gasteiger partial charge is 0.381 e. The van der Waals surface area contributed by atoms with E-state index < -0.39 is 0 Å². The Morgan fingerprint density at radius 2 is 2.17 bits per heavy atom. The highest BCUT2D eigenvalue weighted by atomic mass is 35.5. The van der Waals surface area contributed by atoms with Crippen molar-refractivity contribution in [3.05, 3.63) is 28.8 Å². The van der Waals surface area contributed by atoms with Gasteiger partial charge >= 0.3 is 0 Å². The van der Waals surface area contributed by atoms with Crippen LogP contribution in [-0.2, 0) is 11.2 Å². The van der Waals surface area contributed by atoms with Gasteiger partial charge in [0.2, 0.25) is 0 Å². The Hall–Kier alpha value is -0.220. The Kier molecular flexibility index (Phi) is 5.37. The lowest BCUT2D eigenvalue weighted by molar-refractivity contribution is 0.1000. The molecule has 0 saturated carbocycles. The highest BCUT2D eigenvalue weighted by Gasteiger charge is 2.18. The fraction of sp³-hybridized carbons (Fsp3) is 0.571. The molecule has 100 valence electrons. The van der Waals surface area contributed by atoms with Crippen molar-refractivity contribution in [3.8, 4) is 0 Å². The van der Waals surface area contributed by atoms with Crippen molar-refractivity contribution in [2.24, 2.45) is 5.73 Å². The van der Waals surface area contributed by atoms with Crippen LogP contribution in [-0.4, -0.2) is 24.5 Å². The monoisotopic (exact) mass is 285 g/mol. The predicted molar refractivity (Wildman–Crippen MR) is 78.5 cm³/mol. The molecule has 0 aliphatic carbocycles. The van der Waals surface area contributed by atoms with Gasteiger partial charge in [-0.2, -0.15) is 0 Å². The van der Waals surface area contributed by atoms with Gasteiger partial charge in [0.05, 0.1) is 0 Å². The Bertz CT molecular complexity index is 391. The van der Waals surface area contributed by atoms with Crippen LogP contribution in [0.3, 0.4) is 0 Å². The van der Waals surface area contributed by atoms with Crippen LogP contribution in [0.15, 0.2) is 23.1 Å². The Morgan fingerprint density at radius 3 is 2.83 bits per heavy atom. The number of thioether (sulfide) groups is 1. The van der Waals surface area contributed by atoms with Gasteiger partial charge < -0.3 is 10.5 Å². The summed E-state index contributed by atoms with van der Waals surface area (Å²) >= 11 is 8.22. The van der Waals surface area contributed by atoms with Crippen molar-refractivity contribution in [2.75, 3.05) is 13.2 Å². The molecule has 1 aliphatic heterocycles. The molecular formula is C14H20ClNOS. The first-order valence-corrected chi connectivity index (χ1v) is 7.70. The number of hydrogen-bond donors (Lipinski definition) is 1. The first-order chi connectivity index (χ1) is 8.66. The summed E-state index contributed by atoms with van der Waals surface area (Å²) in [6.07, 6.45) is 3.08. The first kappa shape index (κ1) is 14.2. The van der Waals surface area contributed by atoms with Crippen LogP contribution in [0.4, 0.5) is 0 Å². The van der Waals surface area contributed by atoms with Gasteiger partial charge in [0.1, 0.15) is 0 Å². The fourth-order valence-electron chi connectivity index (χ4n) is 2.14. The van der Waals surface area contributed by atoms with Crippen LogP contribution < -0.4 is 5.73 Å². The zero-order valence-electron chi connectivity index (χ0n) is 10.7. The number of hydrogen-bond acceptors (Lipinski definition) is 3. The molecule has 18 heavy (non-hydrogen) atoms. The van der Waals surface area contributed by atoms with Gasteiger partial charge in [-0.15, -0.1) is 11.8 Å². The molecule has 4 heteroatoms. The molecule has 0 radical (unpaired) electrons. The van der Waals surface area contributed by atoms with Crippen molar-refractivity contribution in [3.63, 3.8) is 0 Å². The Morgan fingerprint density at radius 1 is 1.44 bits per heavy atom. The third-order valence-electron chi connectivity index (χ3n) is 3.06. The average Bonchev–Trinajstić information content (AvgIpc) is 2.34. The smallest absolute Gasteiger partial charge is 0.0476 e. The average molecular weight is 286 g/mol. The minimum atomic E-state index is 0.138. The molecule has 1 aliphatic rings. The molecule has 1 atom stereocenters. The summed E-state index contributed by atoms with van der Waals surface area (Å²) in [6.45, 7) is 3.77. The maximum atomic E-state index is 6.30. The van der Waals surface area contributed by atoms with Gasteiger partial charge in [-0.1, -0.05) is 17.7 Å². The molecule has 0 spiro atoms. The molecule has 1 saturated heterocycles. The second kappa shape index (κ2) is 6.80. The third kappa shape index (κ3) is 3.89. The van der Waals surface area contributed by atoms with Crippen LogP contribution in [0.25, 0.3) is 0 Å². The highest BCUT2D eigenvalue weighted by Crippen LogP contribution is 2.35. The van der Waals surface area contributed by atoms with E-state index in [9.17, 15) is 0 Å². The van der Waals surface area contributed by atoms with E-state index in [1.165, 1.54) is 10.5 Å². The summed E-state index contributed by atoms with van der Waals surface area (Å²) in [5.41, 5.74) is 7.11. The van der Waals surface area contributed by atoms with E-state index >= 15 is 0 Å². The lowest BCUT2D eigenvalue weighted by Crippen LogP contribution is -2.20. The molecule has 1 unspecified atom stereocenters. The summed E-state index contributed by atoms with van der Waals surface area (Å²) < 4.78 is 5.40. The molecule has 2 nitrogen and oxygen atoms in total. The number of rotatable bonds is 4. The number of benzene rings is 1. The first-order valence-electron chi connectivity index (χ1n) is 6.44. The maximum absolute atomic E-state index is 6.30. The lowest BCUT2D eigenvalue weighted by atomic mass is 10.1. The van der Waals surface area contributed by atoms with E-state index in [4.69, 9.17) is 22.1 Å². The zero-order chi connectivity index (χ0) is 13.0. The highest BCUT2D eigenvalue weighted by molar-refractivity contribution is 8.00. The van der Waals surface area contributed by atoms with Crippen molar-refractivity contribution >= 4 is 23.4 Å². The van der Waals surface area contributed by atoms with E-state index in [0.29, 0.717) is 5.25 Å². The van der Waals surface area contributed by atoms with Crippen LogP contribution in [0.5, 0.6) is 0 Å². The van der Waals surface area contributed by atoms with Gasteiger partial charge in [-0.3, -0.25) is 0 Å². The maximum Gasteiger partial charge on any atom is 0.0476 e. The minimum Gasteiger partial charge on any atom is -0.381 e. The van der Waals surface area contributed by atoms with Crippen LogP contribution in [0.1, 0.15) is 25.3 Å². The molecule has 1 fully saturated rings. The SMILES string of the molecule is CC(N)Cc1c(Cl)cccc1SC1CCOCC1. The Labute approximate surface area is 118 Å². The molecule has 2 N–H and O–H groups in total. The molecule has 1 heterocycles. The minimum absolute atomic E-state index is 0.138. The van der Waals surface area contributed by atoms with Crippen LogP contribution in [0.2, 0.25) is 5.02 Å². The summed E-state index contributed by atoms with van der Waals surface area (Å²) in [6, 6.07) is 6.27. The van der Waals surface area contributed by atoms with Crippen molar-refractivity contribution < 1.29 is 4.74 Å². The molecule has 0 amide bonds. The second-order valence-electron chi connectivity index (χ2n) is 4.83. The van der Waals surface area contributed by atoms with Gasteiger partial charge in [0, 0.05) is 34.4 Å². The van der Waals surface area contributed by atoms with E-state index in [-0.39, 0.29) is 6.04 Å². The van der Waals surface area contributed by atoms with Crippen LogP contribution in [0, 0.1) is 0 Å². The van der Waals surface area contributed by atoms with Gasteiger partial charge in [-0.05, 0) is 43.9 Å². The van der Waals surface area contributed by atoms with E-state index in [2.05, 4.69) is 6.07 Å². The quantitative estimate of drug-likeness (QED) is 0.920. The summed E-state index contributed by atoms with van der Waals surface area (Å²) in [5, 5.41) is 1.48. The van der Waals surface area contributed by atoms with Crippen molar-refractivity contribution in [1.29, 1.82) is 0 Å². The number of ether oxygens (including phenoxy) is 1. The predicted octanol–water partition coefficient (Wildman–Crippen LogP) is 3.50. The second-order valence-corrected chi connectivity index (χ2v) is 6.58. The van der Waals surface area contributed by atoms with E-state index in [0.717, 1.165) is 37.5 Å². The van der Waals surface area contributed by atoms with Crippen molar-refractivity contribution in [2.45, 2.75) is 42.4 Å². The normalized spacial score (nSPS) is 18.8. The molecule has 0 bridgehead atoms. The zero-order valence-corrected chi connectivity index (χ0v) is 12.3. The molecule has 1 aromatic rings. The van der Waals surface area contributed by atoms with Gasteiger partial charge in [0.25, 0.3) is 0 Å². The van der Waals surface area contributed by atoms with Crippen LogP contribution >= 0.6 is 23.4 Å². The molecular weight excluding hydrogens is 266 g/mol. The Balaban J connectivity index is 2.12. The summed E-state index contributed by atoms with van der Waals surface area (Å²) in [7, 11) is 0. The van der Waals surface area contributed by atoms with Crippen molar-refractivity contribution in [1.82, 2.24) is 0 Å². The van der Waals surface area contributed by atoms with Gasteiger partial charge in [-0.25, -0.2) is 0 Å². The third-order valence-corrected chi connectivity index (χ3v) is 4.86. The van der Waals surface area contributed by atoms with E-state index in [1.54, 1.807) is 0 Å². The molecule has 2 rings (SSSR count). The van der Waals surface area contributed by atoms with Gasteiger partial charge in [0.15, 0.2) is 0 Å². The lowest BCUT2D eigenvalue weighted by Gasteiger charge is -2.23. The topological polar surface area (TPSA) is 35.2 Å². The summed E-state index contributed by atoms with van der Waals surface area (Å²) in [4.78, 5) is 1.28. The molecule has 0 aromatic heterocycles. The van der Waals surface area contributed by atoms with E-state index in [1.807, 2.05) is 30.8 Å². The molecule has 1 aromatic carbocycles. The summed E-state index contributed by atoms with van der Waals surface area (Å²) in [5.74, 6) is 0. The fourth-order valence-corrected chi connectivity index (χ4v) is 3.73.